The Morgan fingerprint density at radius 2 is 1.68 bits per heavy atom. The molecule has 0 fully saturated rings. The number of aromatic hydroxyl groups is 1. The Kier molecular flexibility index (Phi) is 4.61. The smallest absolute Gasteiger partial charge is 0.339 e. The van der Waals surface area contributed by atoms with E-state index in [0.717, 1.165) is 19.1 Å². The lowest BCUT2D eigenvalue weighted by molar-refractivity contribution is 0.0689. The summed E-state index contributed by atoms with van der Waals surface area (Å²) in [5.41, 5.74) is -3.02. The van der Waals surface area contributed by atoms with Crippen LogP contribution in [0, 0.1) is 24.4 Å². The van der Waals surface area contributed by atoms with Crippen molar-refractivity contribution in [3.8, 4) is 5.75 Å². The zero-order valence-corrected chi connectivity index (χ0v) is 16.8. The average Bonchev–Trinajstić information content (AvgIpc) is 2.70. The van der Waals surface area contributed by atoms with Crippen molar-refractivity contribution in [1.29, 1.82) is 0 Å². The third-order valence-electron chi connectivity index (χ3n) is 5.24. The Hall–Kier alpha value is -3.35. The number of aromatic carboxylic acids is 1. The van der Waals surface area contributed by atoms with Gasteiger partial charge < -0.3 is 15.1 Å². The van der Waals surface area contributed by atoms with Gasteiger partial charge in [-0.2, -0.15) is 0 Å². The summed E-state index contributed by atoms with van der Waals surface area (Å²) in [5.74, 6) is -6.97. The highest BCUT2D eigenvalue weighted by Crippen LogP contribution is 2.44. The van der Waals surface area contributed by atoms with Gasteiger partial charge in [-0.1, -0.05) is 18.7 Å². The van der Waals surface area contributed by atoms with Gasteiger partial charge in [0, 0.05) is 22.0 Å². The molecule has 1 aliphatic heterocycles. The molecular weight excluding hydrogens is 432 g/mol. The Balaban J connectivity index is 2.36. The zero-order valence-electron chi connectivity index (χ0n) is 15.9. The van der Waals surface area contributed by atoms with Gasteiger partial charge in [-0.15, -0.1) is 0 Å². The van der Waals surface area contributed by atoms with Gasteiger partial charge in [0.05, 0.1) is 5.30 Å². The van der Waals surface area contributed by atoms with Crippen LogP contribution in [0.15, 0.2) is 36.4 Å². The Morgan fingerprint density at radius 1 is 1.00 bits per heavy atom. The van der Waals surface area contributed by atoms with Crippen molar-refractivity contribution >= 4 is 36.1 Å². The summed E-state index contributed by atoms with van der Waals surface area (Å²) in [6.07, 6.45) is 0. The van der Waals surface area contributed by atoms with E-state index in [4.69, 9.17) is 0 Å². The minimum Gasteiger partial charge on any atom is -0.508 e. The van der Waals surface area contributed by atoms with Crippen molar-refractivity contribution in [3.05, 3.63) is 86.5 Å². The summed E-state index contributed by atoms with van der Waals surface area (Å²) in [4.78, 5) is 22.7. The molecule has 0 amide bonds. The van der Waals surface area contributed by atoms with Crippen LogP contribution in [-0.2, 0) is 4.57 Å². The first-order valence-corrected chi connectivity index (χ1v) is 10.5. The van der Waals surface area contributed by atoms with Crippen molar-refractivity contribution in [2.24, 2.45) is 0 Å². The molecule has 0 spiro atoms. The fourth-order valence-corrected chi connectivity index (χ4v) is 5.71. The van der Waals surface area contributed by atoms with Crippen LogP contribution in [0.2, 0.25) is 0 Å². The van der Waals surface area contributed by atoms with E-state index in [1.807, 2.05) is 0 Å². The maximum atomic E-state index is 15.3. The summed E-state index contributed by atoms with van der Waals surface area (Å²) in [7, 11) is -4.32. The average molecular weight is 446 g/mol. The van der Waals surface area contributed by atoms with Crippen LogP contribution in [0.5, 0.6) is 5.75 Å². The third kappa shape index (κ3) is 2.91. The summed E-state index contributed by atoms with van der Waals surface area (Å²) in [6.45, 7) is 4.66. The number of phenols is 1. The SMILES string of the molecule is C=c1ccc2c(c1)P(=O)(O)c1cc(O)ccc1C=2c1c(F)c(C)c(F)c(F)c1C(=O)O. The molecule has 1 unspecified atom stereocenters. The molecule has 3 aromatic rings. The number of halogens is 3. The normalized spacial score (nSPS) is 17.3. The van der Waals surface area contributed by atoms with E-state index in [-0.39, 0.29) is 32.7 Å². The van der Waals surface area contributed by atoms with E-state index in [9.17, 15) is 33.2 Å². The van der Waals surface area contributed by atoms with E-state index in [1.165, 1.54) is 24.3 Å². The molecule has 1 aliphatic rings. The summed E-state index contributed by atoms with van der Waals surface area (Å²) < 4.78 is 57.4. The Labute approximate surface area is 173 Å². The maximum absolute atomic E-state index is 15.3. The fourth-order valence-electron chi connectivity index (χ4n) is 3.78. The molecular formula is C22H14F3O5P. The second-order valence-corrected chi connectivity index (χ2v) is 9.24. The summed E-state index contributed by atoms with van der Waals surface area (Å²) >= 11 is 0. The first-order chi connectivity index (χ1) is 14.5. The highest BCUT2D eigenvalue weighted by Gasteiger charge is 2.38. The number of rotatable bonds is 2. The first-order valence-electron chi connectivity index (χ1n) is 8.88. The highest BCUT2D eigenvalue weighted by atomic mass is 31.2. The Morgan fingerprint density at radius 3 is 2.32 bits per heavy atom. The number of benzene rings is 3. The van der Waals surface area contributed by atoms with Crippen LogP contribution in [0.3, 0.4) is 0 Å². The topological polar surface area (TPSA) is 94.8 Å². The molecule has 0 saturated carbocycles. The summed E-state index contributed by atoms with van der Waals surface area (Å²) in [5, 5.41) is 19.3. The molecule has 3 N–H and O–H groups in total. The molecule has 1 heterocycles. The Bertz CT molecular complexity index is 1480. The van der Waals surface area contributed by atoms with Crippen molar-refractivity contribution in [1.82, 2.24) is 0 Å². The van der Waals surface area contributed by atoms with E-state index < -0.39 is 47.5 Å². The second-order valence-electron chi connectivity index (χ2n) is 7.13. The van der Waals surface area contributed by atoms with Gasteiger partial charge in [-0.25, -0.2) is 18.0 Å². The van der Waals surface area contributed by atoms with E-state index in [0.29, 0.717) is 5.22 Å². The van der Waals surface area contributed by atoms with E-state index in [2.05, 4.69) is 6.58 Å². The van der Waals surface area contributed by atoms with Gasteiger partial charge in [-0.05, 0) is 47.2 Å². The van der Waals surface area contributed by atoms with Crippen LogP contribution in [0.25, 0.3) is 12.2 Å². The third-order valence-corrected chi connectivity index (χ3v) is 7.29. The number of hydrogen-bond acceptors (Lipinski definition) is 3. The van der Waals surface area contributed by atoms with Crippen LogP contribution in [0.4, 0.5) is 13.2 Å². The lowest BCUT2D eigenvalue weighted by Gasteiger charge is -2.26. The van der Waals surface area contributed by atoms with Gasteiger partial charge >= 0.3 is 5.97 Å². The van der Waals surface area contributed by atoms with Crippen LogP contribution < -0.4 is 21.0 Å². The van der Waals surface area contributed by atoms with Crippen LogP contribution >= 0.6 is 7.37 Å². The van der Waals surface area contributed by atoms with Gasteiger partial charge in [0.25, 0.3) is 7.37 Å². The van der Waals surface area contributed by atoms with Crippen molar-refractivity contribution in [2.75, 3.05) is 0 Å². The van der Waals surface area contributed by atoms with Crippen molar-refractivity contribution in [2.45, 2.75) is 6.92 Å². The molecule has 3 aromatic carbocycles. The summed E-state index contributed by atoms with van der Waals surface area (Å²) in [6, 6.07) is 7.42. The number of fused-ring (bicyclic) bond motifs is 2. The minimum absolute atomic E-state index is 0.0248. The molecule has 4 rings (SSSR count). The molecule has 31 heavy (non-hydrogen) atoms. The van der Waals surface area contributed by atoms with Gasteiger partial charge in [-0.3, -0.25) is 4.57 Å². The fraction of sp³-hybridized carbons (Fsp3) is 0.0455. The second kappa shape index (κ2) is 6.83. The predicted octanol–water partition coefficient (Wildman–Crippen LogP) is 2.01. The quantitative estimate of drug-likeness (QED) is 0.414. The number of carboxylic acid groups (broad SMARTS) is 1. The van der Waals surface area contributed by atoms with Crippen LogP contribution in [-0.4, -0.2) is 21.1 Å². The first kappa shape index (κ1) is 20.9. The monoisotopic (exact) mass is 446 g/mol. The van der Waals surface area contributed by atoms with Crippen LogP contribution in [0.1, 0.15) is 27.0 Å². The standard InChI is InChI=1S/C22H14F3O5P/c1-9-3-5-12-14(7-9)31(29,30)15-8-11(26)4-6-13(15)16(12)17-18(22(27)28)21(25)20(24)10(2)19(17)23/h3-8,26H,1H2,2H3,(H,27,28)(H,29,30). The number of hydrogen-bond donors (Lipinski definition) is 3. The predicted molar refractivity (Wildman–Crippen MR) is 108 cm³/mol. The molecule has 5 nitrogen and oxygen atoms in total. The number of phenolic OH excluding ortho intramolecular Hbond substituents is 1. The van der Waals surface area contributed by atoms with E-state index in [1.54, 1.807) is 0 Å². The molecule has 0 aliphatic carbocycles. The maximum Gasteiger partial charge on any atom is 0.339 e. The van der Waals surface area contributed by atoms with Crippen molar-refractivity contribution in [3.63, 3.8) is 0 Å². The number of carboxylic acids is 1. The molecule has 0 saturated heterocycles. The molecule has 158 valence electrons. The molecule has 9 heteroatoms. The zero-order chi connectivity index (χ0) is 22.8. The van der Waals surface area contributed by atoms with Gasteiger partial charge in [0.15, 0.2) is 11.6 Å². The van der Waals surface area contributed by atoms with Crippen molar-refractivity contribution < 1.29 is 37.6 Å². The lowest BCUT2D eigenvalue weighted by atomic mass is 9.89. The molecule has 0 aromatic heterocycles. The molecule has 0 bridgehead atoms. The molecule has 0 radical (unpaired) electrons. The van der Waals surface area contributed by atoms with Gasteiger partial charge in [0.2, 0.25) is 0 Å². The van der Waals surface area contributed by atoms with E-state index >= 15 is 4.39 Å². The molecule has 1 atom stereocenters. The largest absolute Gasteiger partial charge is 0.508 e. The highest BCUT2D eigenvalue weighted by molar-refractivity contribution is 7.73. The minimum atomic E-state index is -4.32. The number of carbonyl (C=O) groups is 1. The lowest BCUT2D eigenvalue weighted by Crippen LogP contribution is -2.40. The van der Waals surface area contributed by atoms with Gasteiger partial charge in [0.1, 0.15) is 17.1 Å².